The van der Waals surface area contributed by atoms with Crippen molar-refractivity contribution in [1.82, 2.24) is 24.8 Å². The number of imidazole rings is 1. The maximum Gasteiger partial charge on any atom is 0.317 e. The van der Waals surface area contributed by atoms with Gasteiger partial charge < -0.3 is 14.7 Å². The Labute approximate surface area is 149 Å². The van der Waals surface area contributed by atoms with Crippen LogP contribution in [0.5, 0.6) is 0 Å². The van der Waals surface area contributed by atoms with Crippen molar-refractivity contribution in [2.45, 2.75) is 39.2 Å². The standard InChI is InChI=1S/C17H21N5O2S/c1-11-15(12(2)24-20-11)14-4-3-7-22(14)16(23)18-6-5-13-10-21-8-9-25-17(21)19-13/h8-10,14H,3-7H2,1-2H3,(H,18,23). The minimum atomic E-state index is -0.0245. The van der Waals surface area contributed by atoms with E-state index in [1.807, 2.05) is 40.9 Å². The molecule has 0 aliphatic carbocycles. The number of aryl methyl sites for hydroxylation is 2. The fourth-order valence-electron chi connectivity index (χ4n) is 3.57. The second-order valence-electron chi connectivity index (χ2n) is 6.40. The van der Waals surface area contributed by atoms with E-state index in [2.05, 4.69) is 15.5 Å². The van der Waals surface area contributed by atoms with Gasteiger partial charge in [0, 0.05) is 42.8 Å². The normalized spacial score (nSPS) is 17.5. The Kier molecular flexibility index (Phi) is 4.20. The van der Waals surface area contributed by atoms with E-state index in [0.29, 0.717) is 6.54 Å². The van der Waals surface area contributed by atoms with Crippen molar-refractivity contribution in [3.63, 3.8) is 0 Å². The third-order valence-electron chi connectivity index (χ3n) is 4.74. The molecule has 1 aliphatic rings. The average Bonchev–Trinajstić information content (AvgIpc) is 3.31. The van der Waals surface area contributed by atoms with E-state index in [1.54, 1.807) is 11.3 Å². The Balaban J connectivity index is 1.37. The zero-order valence-electron chi connectivity index (χ0n) is 14.4. The lowest BCUT2D eigenvalue weighted by Gasteiger charge is -2.25. The SMILES string of the molecule is Cc1noc(C)c1C1CCCN1C(=O)NCCc1cn2ccsc2n1. The summed E-state index contributed by atoms with van der Waals surface area (Å²) in [6.07, 6.45) is 6.69. The first-order valence-corrected chi connectivity index (χ1v) is 9.40. The van der Waals surface area contributed by atoms with Gasteiger partial charge in [-0.25, -0.2) is 9.78 Å². The number of thiazole rings is 1. The summed E-state index contributed by atoms with van der Waals surface area (Å²) in [5.41, 5.74) is 2.93. The summed E-state index contributed by atoms with van der Waals surface area (Å²) >= 11 is 1.61. The summed E-state index contributed by atoms with van der Waals surface area (Å²) in [6, 6.07) is 0.0349. The Morgan fingerprint density at radius 1 is 1.48 bits per heavy atom. The topological polar surface area (TPSA) is 75.7 Å². The van der Waals surface area contributed by atoms with E-state index in [1.165, 1.54) is 0 Å². The molecule has 1 saturated heterocycles. The monoisotopic (exact) mass is 359 g/mol. The Hall–Kier alpha value is -2.35. The Morgan fingerprint density at radius 2 is 2.36 bits per heavy atom. The highest BCUT2D eigenvalue weighted by atomic mass is 32.1. The predicted octanol–water partition coefficient (Wildman–Crippen LogP) is 3.09. The van der Waals surface area contributed by atoms with Crippen LogP contribution in [0, 0.1) is 13.8 Å². The highest BCUT2D eigenvalue weighted by Gasteiger charge is 2.33. The molecule has 1 unspecified atom stereocenters. The van der Waals surface area contributed by atoms with Gasteiger partial charge in [0.15, 0.2) is 4.96 Å². The minimum absolute atomic E-state index is 0.0245. The molecule has 4 heterocycles. The van der Waals surface area contributed by atoms with Crippen LogP contribution < -0.4 is 5.32 Å². The number of nitrogens with one attached hydrogen (secondary N) is 1. The first-order valence-electron chi connectivity index (χ1n) is 8.52. The lowest BCUT2D eigenvalue weighted by Crippen LogP contribution is -2.40. The highest BCUT2D eigenvalue weighted by molar-refractivity contribution is 7.15. The van der Waals surface area contributed by atoms with Gasteiger partial charge in [0.1, 0.15) is 5.76 Å². The molecule has 0 spiro atoms. The summed E-state index contributed by atoms with van der Waals surface area (Å²) in [6.45, 7) is 5.19. The number of rotatable bonds is 4. The van der Waals surface area contributed by atoms with Crippen LogP contribution in [0.15, 0.2) is 22.3 Å². The number of likely N-dealkylation sites (tertiary alicyclic amines) is 1. The van der Waals surface area contributed by atoms with Crippen LogP contribution in [0.4, 0.5) is 4.79 Å². The molecule has 8 heteroatoms. The fraction of sp³-hybridized carbons (Fsp3) is 0.471. The summed E-state index contributed by atoms with van der Waals surface area (Å²) in [5, 5.41) is 9.07. The molecule has 3 aromatic heterocycles. The van der Waals surface area contributed by atoms with Crippen LogP contribution in [0.1, 0.15) is 41.6 Å². The third-order valence-corrected chi connectivity index (χ3v) is 5.51. The predicted molar refractivity (Wildman–Crippen MR) is 94.8 cm³/mol. The summed E-state index contributed by atoms with van der Waals surface area (Å²) in [7, 11) is 0. The number of hydrogen-bond donors (Lipinski definition) is 1. The molecule has 7 nitrogen and oxygen atoms in total. The van der Waals surface area contributed by atoms with E-state index >= 15 is 0 Å². The van der Waals surface area contributed by atoms with Crippen LogP contribution in [-0.2, 0) is 6.42 Å². The largest absolute Gasteiger partial charge is 0.361 e. The van der Waals surface area contributed by atoms with Gasteiger partial charge in [-0.3, -0.25) is 4.40 Å². The molecular formula is C17H21N5O2S. The zero-order chi connectivity index (χ0) is 17.4. The third kappa shape index (κ3) is 3.02. The van der Waals surface area contributed by atoms with E-state index in [-0.39, 0.29) is 12.1 Å². The summed E-state index contributed by atoms with van der Waals surface area (Å²) in [4.78, 5) is 20.1. The van der Waals surface area contributed by atoms with Gasteiger partial charge in [-0.1, -0.05) is 5.16 Å². The molecule has 0 bridgehead atoms. The Morgan fingerprint density at radius 3 is 3.12 bits per heavy atom. The van der Waals surface area contributed by atoms with Gasteiger partial charge in [-0.15, -0.1) is 11.3 Å². The molecule has 3 aromatic rings. The fourth-order valence-corrected chi connectivity index (χ4v) is 4.29. The van der Waals surface area contributed by atoms with E-state index in [9.17, 15) is 4.79 Å². The Bertz CT molecular complexity index is 848. The van der Waals surface area contributed by atoms with Gasteiger partial charge in [-0.2, -0.15) is 0 Å². The average molecular weight is 359 g/mol. The molecule has 0 radical (unpaired) electrons. The molecule has 4 rings (SSSR count). The molecule has 0 aromatic carbocycles. The number of carbonyl (C=O) groups is 1. The molecule has 1 N–H and O–H groups in total. The first kappa shape index (κ1) is 16.1. The minimum Gasteiger partial charge on any atom is -0.361 e. The van der Waals surface area contributed by atoms with Gasteiger partial charge in [0.05, 0.1) is 17.4 Å². The van der Waals surface area contributed by atoms with Crippen LogP contribution in [0.2, 0.25) is 0 Å². The van der Waals surface area contributed by atoms with E-state index in [0.717, 1.165) is 53.5 Å². The maximum absolute atomic E-state index is 12.6. The van der Waals surface area contributed by atoms with Crippen LogP contribution in [0.3, 0.4) is 0 Å². The van der Waals surface area contributed by atoms with Crippen molar-refractivity contribution >= 4 is 22.3 Å². The van der Waals surface area contributed by atoms with Crippen LogP contribution in [0.25, 0.3) is 4.96 Å². The highest BCUT2D eigenvalue weighted by Crippen LogP contribution is 2.35. The number of fused-ring (bicyclic) bond motifs is 1. The van der Waals surface area contributed by atoms with Crippen LogP contribution in [-0.4, -0.2) is 38.6 Å². The van der Waals surface area contributed by atoms with Gasteiger partial charge in [0.2, 0.25) is 0 Å². The first-order chi connectivity index (χ1) is 12.1. The lowest BCUT2D eigenvalue weighted by molar-refractivity contribution is 0.192. The molecule has 1 atom stereocenters. The number of urea groups is 1. The lowest BCUT2D eigenvalue weighted by atomic mass is 10.0. The number of nitrogens with zero attached hydrogens (tertiary/aromatic N) is 4. The van der Waals surface area contributed by atoms with Crippen LogP contribution >= 0.6 is 11.3 Å². The molecule has 1 aliphatic heterocycles. The van der Waals surface area contributed by atoms with Gasteiger partial charge >= 0.3 is 6.03 Å². The van der Waals surface area contributed by atoms with Crippen molar-refractivity contribution in [3.8, 4) is 0 Å². The van der Waals surface area contributed by atoms with Gasteiger partial charge in [-0.05, 0) is 26.7 Å². The van der Waals surface area contributed by atoms with E-state index < -0.39 is 0 Å². The molecule has 25 heavy (non-hydrogen) atoms. The van der Waals surface area contributed by atoms with Crippen molar-refractivity contribution in [2.75, 3.05) is 13.1 Å². The summed E-state index contributed by atoms with van der Waals surface area (Å²) < 4.78 is 7.29. The second kappa shape index (κ2) is 6.51. The maximum atomic E-state index is 12.6. The van der Waals surface area contributed by atoms with Crippen molar-refractivity contribution < 1.29 is 9.32 Å². The number of hydrogen-bond acceptors (Lipinski definition) is 5. The molecule has 2 amide bonds. The second-order valence-corrected chi connectivity index (χ2v) is 7.27. The molecule has 1 fully saturated rings. The smallest absolute Gasteiger partial charge is 0.317 e. The van der Waals surface area contributed by atoms with Crippen molar-refractivity contribution in [3.05, 3.63) is 40.5 Å². The quantitative estimate of drug-likeness (QED) is 0.777. The van der Waals surface area contributed by atoms with Crippen molar-refractivity contribution in [2.24, 2.45) is 0 Å². The van der Waals surface area contributed by atoms with Crippen molar-refractivity contribution in [1.29, 1.82) is 0 Å². The molecule has 0 saturated carbocycles. The van der Waals surface area contributed by atoms with Gasteiger partial charge in [0.25, 0.3) is 0 Å². The summed E-state index contributed by atoms with van der Waals surface area (Å²) in [5.74, 6) is 0.806. The number of carbonyl (C=O) groups excluding carboxylic acids is 1. The molecule has 132 valence electrons. The molecular weight excluding hydrogens is 338 g/mol. The number of amides is 2. The van der Waals surface area contributed by atoms with E-state index in [4.69, 9.17) is 4.52 Å². The zero-order valence-corrected chi connectivity index (χ0v) is 15.2. The number of aromatic nitrogens is 3.